The summed E-state index contributed by atoms with van der Waals surface area (Å²) in [4.78, 5) is 11.5. The number of carbonyl (C=O) groups excluding carboxylic acids is 1. The predicted molar refractivity (Wildman–Crippen MR) is 76.4 cm³/mol. The Morgan fingerprint density at radius 3 is 2.95 bits per heavy atom. The average molecular weight is 313 g/mol. The molecule has 0 aliphatic rings. The maximum atomic E-state index is 11.5. The molecule has 0 radical (unpaired) electrons. The van der Waals surface area contributed by atoms with Gasteiger partial charge < -0.3 is 9.15 Å². The number of hydrogen-bond acceptors (Lipinski definition) is 4. The van der Waals surface area contributed by atoms with E-state index in [0.717, 1.165) is 5.56 Å². The second-order valence-corrected chi connectivity index (χ2v) is 4.56. The number of nitrogens with one attached hydrogen (secondary N) is 1. The minimum Gasteiger partial charge on any atom is -0.482 e. The maximum absolute atomic E-state index is 11.5. The Hall–Kier alpha value is -1.98. The van der Waals surface area contributed by atoms with Crippen LogP contribution in [0.2, 0.25) is 10.0 Å². The third kappa shape index (κ3) is 4.29. The van der Waals surface area contributed by atoms with E-state index in [1.165, 1.54) is 24.8 Å². The second-order valence-electron chi connectivity index (χ2n) is 3.71. The Kier molecular flexibility index (Phi) is 5.03. The van der Waals surface area contributed by atoms with Gasteiger partial charge in [0, 0.05) is 10.6 Å². The molecule has 104 valence electrons. The summed E-state index contributed by atoms with van der Waals surface area (Å²) in [6.45, 7) is -0.204. The SMILES string of the molecule is O=C(COc1ccc(Cl)cc1Cl)NN=Cc1ccoc1. The van der Waals surface area contributed by atoms with Gasteiger partial charge in [-0.25, -0.2) is 5.43 Å². The fourth-order valence-electron chi connectivity index (χ4n) is 1.30. The topological polar surface area (TPSA) is 63.8 Å². The molecular formula is C13H10Cl2N2O3. The zero-order valence-corrected chi connectivity index (χ0v) is 11.7. The first-order chi connectivity index (χ1) is 9.65. The monoisotopic (exact) mass is 312 g/mol. The van der Waals surface area contributed by atoms with Gasteiger partial charge in [-0.15, -0.1) is 0 Å². The van der Waals surface area contributed by atoms with Gasteiger partial charge in [-0.3, -0.25) is 4.79 Å². The van der Waals surface area contributed by atoms with Gasteiger partial charge in [0.1, 0.15) is 5.75 Å². The molecule has 0 saturated carbocycles. The van der Waals surface area contributed by atoms with Gasteiger partial charge in [-0.2, -0.15) is 5.10 Å². The maximum Gasteiger partial charge on any atom is 0.277 e. The molecule has 0 fully saturated rings. The number of ether oxygens (including phenoxy) is 1. The fraction of sp³-hybridized carbons (Fsp3) is 0.0769. The van der Waals surface area contributed by atoms with Crippen LogP contribution in [0.15, 0.2) is 46.3 Å². The smallest absolute Gasteiger partial charge is 0.277 e. The van der Waals surface area contributed by atoms with Crippen LogP contribution in [0, 0.1) is 0 Å². The molecule has 0 spiro atoms. The number of benzene rings is 1. The van der Waals surface area contributed by atoms with E-state index in [1.54, 1.807) is 18.2 Å². The summed E-state index contributed by atoms with van der Waals surface area (Å²) >= 11 is 11.7. The van der Waals surface area contributed by atoms with Crippen LogP contribution in [0.3, 0.4) is 0 Å². The molecule has 0 bridgehead atoms. The first-order valence-corrected chi connectivity index (χ1v) is 6.32. The summed E-state index contributed by atoms with van der Waals surface area (Å²) in [7, 11) is 0. The first kappa shape index (κ1) is 14.4. The molecule has 1 aromatic heterocycles. The predicted octanol–water partition coefficient (Wildman–Crippen LogP) is 3.12. The van der Waals surface area contributed by atoms with E-state index in [9.17, 15) is 4.79 Å². The van der Waals surface area contributed by atoms with Crippen molar-refractivity contribution in [2.45, 2.75) is 0 Å². The van der Waals surface area contributed by atoms with Crippen molar-refractivity contribution in [2.75, 3.05) is 6.61 Å². The third-order valence-electron chi connectivity index (χ3n) is 2.20. The zero-order chi connectivity index (χ0) is 14.4. The Bertz CT molecular complexity index is 612. The number of nitrogens with zero attached hydrogens (tertiary/aromatic N) is 1. The van der Waals surface area contributed by atoms with Crippen molar-refractivity contribution in [1.29, 1.82) is 0 Å². The van der Waals surface area contributed by atoms with Crippen LogP contribution >= 0.6 is 23.2 Å². The number of carbonyl (C=O) groups is 1. The van der Waals surface area contributed by atoms with Crippen LogP contribution in [-0.4, -0.2) is 18.7 Å². The van der Waals surface area contributed by atoms with Gasteiger partial charge >= 0.3 is 0 Å². The molecule has 5 nitrogen and oxygen atoms in total. The van der Waals surface area contributed by atoms with E-state index < -0.39 is 5.91 Å². The fourth-order valence-corrected chi connectivity index (χ4v) is 1.76. The molecule has 1 amide bonds. The zero-order valence-electron chi connectivity index (χ0n) is 10.2. The Morgan fingerprint density at radius 2 is 2.25 bits per heavy atom. The van der Waals surface area contributed by atoms with E-state index in [1.807, 2.05) is 0 Å². The molecule has 0 saturated heterocycles. The number of rotatable bonds is 5. The highest BCUT2D eigenvalue weighted by atomic mass is 35.5. The van der Waals surface area contributed by atoms with Gasteiger partial charge in [0.25, 0.3) is 5.91 Å². The van der Waals surface area contributed by atoms with Crippen LogP contribution in [0.5, 0.6) is 5.75 Å². The van der Waals surface area contributed by atoms with Crippen molar-refractivity contribution in [3.05, 3.63) is 52.4 Å². The minimum absolute atomic E-state index is 0.204. The van der Waals surface area contributed by atoms with Crippen LogP contribution in [0.25, 0.3) is 0 Å². The lowest BCUT2D eigenvalue weighted by Gasteiger charge is -2.06. The summed E-state index contributed by atoms with van der Waals surface area (Å²) in [6, 6.07) is 6.46. The molecule has 1 N–H and O–H groups in total. The number of amides is 1. The highest BCUT2D eigenvalue weighted by Crippen LogP contribution is 2.27. The van der Waals surface area contributed by atoms with Gasteiger partial charge in [0.15, 0.2) is 6.61 Å². The molecule has 0 aliphatic carbocycles. The molecule has 1 heterocycles. The van der Waals surface area contributed by atoms with Crippen LogP contribution in [0.1, 0.15) is 5.56 Å². The van der Waals surface area contributed by atoms with E-state index in [2.05, 4.69) is 10.5 Å². The van der Waals surface area contributed by atoms with Crippen LogP contribution in [0.4, 0.5) is 0 Å². The summed E-state index contributed by atoms with van der Waals surface area (Å²) in [6.07, 6.45) is 4.46. The summed E-state index contributed by atoms with van der Waals surface area (Å²) in [5.41, 5.74) is 3.06. The standard InChI is InChI=1S/C13H10Cl2N2O3/c14-10-1-2-12(11(15)5-10)20-8-13(18)17-16-6-9-3-4-19-7-9/h1-7H,8H2,(H,17,18). The van der Waals surface area contributed by atoms with Crippen molar-refractivity contribution in [1.82, 2.24) is 5.43 Å². The lowest BCUT2D eigenvalue weighted by Crippen LogP contribution is -2.24. The molecule has 2 aromatic rings. The summed E-state index contributed by atoms with van der Waals surface area (Å²) < 4.78 is 10.1. The van der Waals surface area contributed by atoms with E-state index >= 15 is 0 Å². The molecule has 0 aliphatic heterocycles. The number of hydrazone groups is 1. The highest BCUT2D eigenvalue weighted by molar-refractivity contribution is 6.35. The lowest BCUT2D eigenvalue weighted by molar-refractivity contribution is -0.123. The Labute approximate surface area is 125 Å². The van der Waals surface area contributed by atoms with Crippen molar-refractivity contribution in [2.24, 2.45) is 5.10 Å². The first-order valence-electron chi connectivity index (χ1n) is 5.57. The Balaban J connectivity index is 1.80. The number of hydrogen-bond donors (Lipinski definition) is 1. The Morgan fingerprint density at radius 1 is 1.40 bits per heavy atom. The van der Waals surface area contributed by atoms with Crippen LogP contribution in [-0.2, 0) is 4.79 Å². The molecular weight excluding hydrogens is 303 g/mol. The third-order valence-corrected chi connectivity index (χ3v) is 2.73. The largest absolute Gasteiger partial charge is 0.482 e. The highest BCUT2D eigenvalue weighted by Gasteiger charge is 2.05. The molecule has 1 aromatic carbocycles. The van der Waals surface area contributed by atoms with Crippen molar-refractivity contribution < 1.29 is 13.9 Å². The average Bonchev–Trinajstić information content (AvgIpc) is 2.91. The number of furan rings is 1. The molecule has 0 atom stereocenters. The number of halogens is 2. The van der Waals surface area contributed by atoms with Gasteiger partial charge in [0.2, 0.25) is 0 Å². The molecule has 0 unspecified atom stereocenters. The normalized spacial score (nSPS) is 10.7. The van der Waals surface area contributed by atoms with E-state index in [4.69, 9.17) is 32.4 Å². The molecule has 20 heavy (non-hydrogen) atoms. The van der Waals surface area contributed by atoms with Crippen LogP contribution < -0.4 is 10.2 Å². The van der Waals surface area contributed by atoms with E-state index in [-0.39, 0.29) is 6.61 Å². The molecule has 7 heteroatoms. The summed E-state index contributed by atoms with van der Waals surface area (Å²) in [5, 5.41) is 4.58. The van der Waals surface area contributed by atoms with Crippen molar-refractivity contribution >= 4 is 35.3 Å². The minimum atomic E-state index is -0.407. The van der Waals surface area contributed by atoms with Crippen molar-refractivity contribution in [3.63, 3.8) is 0 Å². The van der Waals surface area contributed by atoms with E-state index in [0.29, 0.717) is 15.8 Å². The summed E-state index contributed by atoms with van der Waals surface area (Å²) in [5.74, 6) is -0.0270. The quantitative estimate of drug-likeness (QED) is 0.681. The van der Waals surface area contributed by atoms with Gasteiger partial charge in [-0.05, 0) is 24.3 Å². The lowest BCUT2D eigenvalue weighted by atomic mass is 10.3. The second kappa shape index (κ2) is 6.98. The molecule has 2 rings (SSSR count). The van der Waals surface area contributed by atoms with Gasteiger partial charge in [-0.1, -0.05) is 23.2 Å². The van der Waals surface area contributed by atoms with Crippen molar-refractivity contribution in [3.8, 4) is 5.75 Å². The van der Waals surface area contributed by atoms with Gasteiger partial charge in [0.05, 0.1) is 23.8 Å².